The van der Waals surface area contributed by atoms with Crippen molar-refractivity contribution in [3.05, 3.63) is 70.1 Å². The van der Waals surface area contributed by atoms with E-state index < -0.39 is 0 Å². The summed E-state index contributed by atoms with van der Waals surface area (Å²) in [4.78, 5) is 15.3. The largest absolute Gasteiger partial charge is 0.508 e. The molecule has 3 nitrogen and oxygen atoms in total. The highest BCUT2D eigenvalue weighted by Crippen LogP contribution is 2.32. The molecule has 2 aromatic carbocycles. The molecule has 0 saturated heterocycles. The van der Waals surface area contributed by atoms with Gasteiger partial charge in [0.05, 0.1) is 6.57 Å². The van der Waals surface area contributed by atoms with Crippen LogP contribution >= 0.6 is 0 Å². The summed E-state index contributed by atoms with van der Waals surface area (Å²) in [5, 5.41) is 10.2. The van der Waals surface area contributed by atoms with Gasteiger partial charge in [-0.3, -0.25) is 4.79 Å². The minimum absolute atomic E-state index is 0.167. The Labute approximate surface area is 123 Å². The standard InChI is InChI=1S/C18H15NO2/c1-19-13-7-5-12(6-8-13)11-16-14-3-2-4-17(20)15(14)9-10-18(16)21/h5-10,21H,2-4,11H2. The van der Waals surface area contributed by atoms with E-state index in [1.165, 1.54) is 0 Å². The Hall–Kier alpha value is -2.60. The van der Waals surface area contributed by atoms with E-state index in [4.69, 9.17) is 6.57 Å². The Balaban J connectivity index is 2.00. The van der Waals surface area contributed by atoms with Gasteiger partial charge in [0.2, 0.25) is 0 Å². The highest BCUT2D eigenvalue weighted by atomic mass is 16.3. The number of hydrogen-bond acceptors (Lipinski definition) is 2. The van der Waals surface area contributed by atoms with Gasteiger partial charge in [-0.1, -0.05) is 24.3 Å². The Bertz CT molecular complexity index is 739. The molecule has 0 aliphatic heterocycles. The summed E-state index contributed by atoms with van der Waals surface area (Å²) in [6.07, 6.45) is 2.86. The molecule has 3 rings (SSSR count). The summed E-state index contributed by atoms with van der Waals surface area (Å²) < 4.78 is 0. The molecule has 0 bridgehead atoms. The van der Waals surface area contributed by atoms with Crippen LogP contribution in [-0.2, 0) is 12.8 Å². The Morgan fingerprint density at radius 3 is 2.57 bits per heavy atom. The lowest BCUT2D eigenvalue weighted by Gasteiger charge is -2.19. The average molecular weight is 277 g/mol. The Kier molecular flexibility index (Phi) is 3.45. The number of fused-ring (bicyclic) bond motifs is 1. The minimum Gasteiger partial charge on any atom is -0.508 e. The SMILES string of the molecule is [C-]#[N+]c1ccc(Cc2c(O)ccc3c2CCCC3=O)cc1. The molecule has 0 fully saturated rings. The molecule has 1 N–H and O–H groups in total. The normalized spacial score (nSPS) is 13.6. The zero-order chi connectivity index (χ0) is 14.8. The van der Waals surface area contributed by atoms with Gasteiger partial charge in [0.15, 0.2) is 11.5 Å². The summed E-state index contributed by atoms with van der Waals surface area (Å²) in [7, 11) is 0. The first-order chi connectivity index (χ1) is 10.2. The van der Waals surface area contributed by atoms with E-state index in [1.54, 1.807) is 24.3 Å². The monoisotopic (exact) mass is 277 g/mol. The van der Waals surface area contributed by atoms with E-state index in [2.05, 4.69) is 4.85 Å². The van der Waals surface area contributed by atoms with Crippen LogP contribution < -0.4 is 0 Å². The van der Waals surface area contributed by atoms with Crippen LogP contribution in [0.5, 0.6) is 5.75 Å². The topological polar surface area (TPSA) is 41.7 Å². The summed E-state index contributed by atoms with van der Waals surface area (Å²) in [5.74, 6) is 0.415. The smallest absolute Gasteiger partial charge is 0.187 e. The van der Waals surface area contributed by atoms with Gasteiger partial charge in [-0.25, -0.2) is 4.85 Å². The van der Waals surface area contributed by atoms with E-state index in [1.807, 2.05) is 12.1 Å². The minimum atomic E-state index is 0.167. The molecule has 0 radical (unpaired) electrons. The number of nitrogens with zero attached hydrogens (tertiary/aromatic N) is 1. The van der Waals surface area contributed by atoms with Gasteiger partial charge in [-0.05, 0) is 36.1 Å². The predicted octanol–water partition coefficient (Wildman–Crippen LogP) is 4.05. The van der Waals surface area contributed by atoms with Crippen molar-refractivity contribution < 1.29 is 9.90 Å². The van der Waals surface area contributed by atoms with Gasteiger partial charge in [0, 0.05) is 24.0 Å². The van der Waals surface area contributed by atoms with E-state index in [0.717, 1.165) is 35.1 Å². The third-order valence-corrected chi connectivity index (χ3v) is 3.98. The summed E-state index contributed by atoms with van der Waals surface area (Å²) in [6, 6.07) is 10.7. The fraction of sp³-hybridized carbons (Fsp3) is 0.222. The maximum atomic E-state index is 12.0. The van der Waals surface area contributed by atoms with Crippen molar-refractivity contribution in [3.63, 3.8) is 0 Å². The number of aromatic hydroxyl groups is 1. The van der Waals surface area contributed by atoms with Crippen molar-refractivity contribution in [2.24, 2.45) is 0 Å². The Morgan fingerprint density at radius 2 is 1.86 bits per heavy atom. The second kappa shape index (κ2) is 5.41. The van der Waals surface area contributed by atoms with Crippen molar-refractivity contribution in [2.75, 3.05) is 0 Å². The highest BCUT2D eigenvalue weighted by molar-refractivity contribution is 5.99. The molecular weight excluding hydrogens is 262 g/mol. The van der Waals surface area contributed by atoms with Crippen LogP contribution in [0.2, 0.25) is 0 Å². The molecule has 104 valence electrons. The number of rotatable bonds is 2. The van der Waals surface area contributed by atoms with Crippen LogP contribution in [0.3, 0.4) is 0 Å². The highest BCUT2D eigenvalue weighted by Gasteiger charge is 2.21. The lowest BCUT2D eigenvalue weighted by Crippen LogP contribution is -2.13. The molecule has 0 amide bonds. The van der Waals surface area contributed by atoms with E-state index >= 15 is 0 Å². The van der Waals surface area contributed by atoms with E-state index in [0.29, 0.717) is 18.5 Å². The van der Waals surface area contributed by atoms with Crippen molar-refractivity contribution in [1.29, 1.82) is 0 Å². The molecule has 0 aromatic heterocycles. The molecule has 2 aromatic rings. The lowest BCUT2D eigenvalue weighted by molar-refractivity contribution is 0.0972. The lowest BCUT2D eigenvalue weighted by atomic mass is 9.85. The summed E-state index contributed by atoms with van der Waals surface area (Å²) in [6.45, 7) is 6.96. The molecule has 21 heavy (non-hydrogen) atoms. The van der Waals surface area contributed by atoms with Crippen LogP contribution in [0.15, 0.2) is 36.4 Å². The Morgan fingerprint density at radius 1 is 1.10 bits per heavy atom. The summed E-state index contributed by atoms with van der Waals surface area (Å²) >= 11 is 0. The van der Waals surface area contributed by atoms with Crippen molar-refractivity contribution in [1.82, 2.24) is 0 Å². The molecular formula is C18H15NO2. The van der Waals surface area contributed by atoms with Gasteiger partial charge >= 0.3 is 0 Å². The van der Waals surface area contributed by atoms with Crippen LogP contribution in [0.25, 0.3) is 4.85 Å². The second-order valence-electron chi connectivity index (χ2n) is 5.32. The van der Waals surface area contributed by atoms with Crippen molar-refractivity contribution in [3.8, 4) is 5.75 Å². The van der Waals surface area contributed by atoms with E-state index in [-0.39, 0.29) is 11.5 Å². The molecule has 3 heteroatoms. The number of hydrogen-bond donors (Lipinski definition) is 1. The maximum absolute atomic E-state index is 12.0. The zero-order valence-corrected chi connectivity index (χ0v) is 11.6. The fourth-order valence-corrected chi connectivity index (χ4v) is 2.88. The van der Waals surface area contributed by atoms with Gasteiger partial charge < -0.3 is 5.11 Å². The summed E-state index contributed by atoms with van der Waals surface area (Å²) in [5.41, 5.74) is 4.22. The first-order valence-electron chi connectivity index (χ1n) is 7.02. The quantitative estimate of drug-likeness (QED) is 0.841. The molecule has 1 aliphatic rings. The van der Waals surface area contributed by atoms with Crippen LogP contribution in [0, 0.1) is 6.57 Å². The zero-order valence-electron chi connectivity index (χ0n) is 11.6. The molecule has 0 saturated carbocycles. The second-order valence-corrected chi connectivity index (χ2v) is 5.32. The number of benzene rings is 2. The van der Waals surface area contributed by atoms with Gasteiger partial charge in [0.25, 0.3) is 0 Å². The first-order valence-corrected chi connectivity index (χ1v) is 7.02. The van der Waals surface area contributed by atoms with Crippen LogP contribution in [0.4, 0.5) is 5.69 Å². The molecule has 1 aliphatic carbocycles. The van der Waals surface area contributed by atoms with Crippen LogP contribution in [0.1, 0.15) is 39.9 Å². The number of phenols is 1. The van der Waals surface area contributed by atoms with Crippen molar-refractivity contribution in [2.45, 2.75) is 25.7 Å². The molecule has 0 spiro atoms. The number of Topliss-reactive ketones (excluding diaryl/α,β-unsaturated/α-hetero) is 1. The third kappa shape index (κ3) is 2.53. The molecule has 0 unspecified atom stereocenters. The molecule has 0 heterocycles. The molecule has 0 atom stereocenters. The van der Waals surface area contributed by atoms with E-state index in [9.17, 15) is 9.90 Å². The van der Waals surface area contributed by atoms with Crippen LogP contribution in [-0.4, -0.2) is 10.9 Å². The fourth-order valence-electron chi connectivity index (χ4n) is 2.88. The number of carbonyl (C=O) groups is 1. The van der Waals surface area contributed by atoms with Gasteiger partial charge in [-0.15, -0.1) is 0 Å². The number of phenolic OH excluding ortho intramolecular Hbond substituents is 1. The van der Waals surface area contributed by atoms with Gasteiger partial charge in [0.1, 0.15) is 5.75 Å². The number of ketones is 1. The van der Waals surface area contributed by atoms with Crippen molar-refractivity contribution >= 4 is 11.5 Å². The maximum Gasteiger partial charge on any atom is 0.187 e. The van der Waals surface area contributed by atoms with Gasteiger partial charge in [-0.2, -0.15) is 0 Å². The first kappa shape index (κ1) is 13.4. The number of carbonyl (C=O) groups excluding carboxylic acids is 1. The predicted molar refractivity (Wildman–Crippen MR) is 80.9 cm³/mol. The third-order valence-electron chi connectivity index (χ3n) is 3.98. The average Bonchev–Trinajstić information content (AvgIpc) is 2.51.